The third-order valence-electron chi connectivity index (χ3n) is 3.76. The summed E-state index contributed by atoms with van der Waals surface area (Å²) in [5, 5.41) is 17.4. The van der Waals surface area contributed by atoms with Crippen LogP contribution in [-0.2, 0) is 13.1 Å². The maximum atomic E-state index is 9.06. The van der Waals surface area contributed by atoms with Crippen LogP contribution in [-0.4, -0.2) is 28.3 Å². The van der Waals surface area contributed by atoms with Gasteiger partial charge in [0.25, 0.3) is 0 Å². The summed E-state index contributed by atoms with van der Waals surface area (Å²) in [4.78, 5) is 0. The average molecular weight is 324 g/mol. The molecule has 0 bridgehead atoms. The molecule has 7 heteroatoms. The summed E-state index contributed by atoms with van der Waals surface area (Å²) in [5.41, 5.74) is 3.87. The first-order valence-corrected chi connectivity index (χ1v) is 7.44. The zero-order valence-electron chi connectivity index (χ0n) is 12.5. The molecule has 0 unspecified atom stereocenters. The highest BCUT2D eigenvalue weighted by atomic mass is 35.5. The largest absolute Gasteiger partial charge is 0.454 e. The molecule has 0 aliphatic carbocycles. The van der Waals surface area contributed by atoms with Crippen LogP contribution in [0.4, 0.5) is 5.69 Å². The van der Waals surface area contributed by atoms with Gasteiger partial charge < -0.3 is 19.9 Å². The lowest BCUT2D eigenvalue weighted by Crippen LogP contribution is -2.07. The molecule has 3 rings (SSSR count). The highest BCUT2D eigenvalue weighted by Gasteiger charge is 2.17. The number of ether oxygens (including phenoxy) is 2. The van der Waals surface area contributed by atoms with E-state index in [9.17, 15) is 0 Å². The second-order valence-electron chi connectivity index (χ2n) is 5.13. The fraction of sp³-hybridized carbons (Fsp3) is 0.400. The monoisotopic (exact) mass is 323 g/mol. The van der Waals surface area contributed by atoms with Crippen molar-refractivity contribution in [1.82, 2.24) is 9.78 Å². The maximum Gasteiger partial charge on any atom is 0.231 e. The Morgan fingerprint density at radius 3 is 2.77 bits per heavy atom. The number of aryl methyl sites for hydroxylation is 1. The summed E-state index contributed by atoms with van der Waals surface area (Å²) < 4.78 is 12.5. The molecule has 1 aromatic heterocycles. The fourth-order valence-corrected chi connectivity index (χ4v) is 2.76. The summed E-state index contributed by atoms with van der Waals surface area (Å²) in [5.74, 6) is 1.36. The van der Waals surface area contributed by atoms with Gasteiger partial charge in [-0.2, -0.15) is 5.10 Å². The van der Waals surface area contributed by atoms with Crippen LogP contribution in [0.3, 0.4) is 0 Å². The number of nitrogens with one attached hydrogen (secondary N) is 1. The quantitative estimate of drug-likeness (QED) is 0.884. The van der Waals surface area contributed by atoms with E-state index >= 15 is 0 Å². The molecule has 1 aliphatic heterocycles. The van der Waals surface area contributed by atoms with E-state index in [1.165, 1.54) is 0 Å². The van der Waals surface area contributed by atoms with Crippen LogP contribution in [0.1, 0.15) is 17.0 Å². The van der Waals surface area contributed by atoms with Crippen LogP contribution >= 0.6 is 11.6 Å². The van der Waals surface area contributed by atoms with E-state index in [0.29, 0.717) is 29.6 Å². The molecular formula is C15H18ClN3O3. The fourth-order valence-electron chi connectivity index (χ4n) is 2.54. The molecule has 0 amide bonds. The van der Waals surface area contributed by atoms with Crippen LogP contribution < -0.4 is 14.8 Å². The van der Waals surface area contributed by atoms with Crippen molar-refractivity contribution >= 4 is 17.3 Å². The van der Waals surface area contributed by atoms with Crippen LogP contribution in [0.2, 0.25) is 5.02 Å². The van der Waals surface area contributed by atoms with Gasteiger partial charge in [-0.15, -0.1) is 0 Å². The minimum Gasteiger partial charge on any atom is -0.454 e. The van der Waals surface area contributed by atoms with Gasteiger partial charge in [-0.1, -0.05) is 11.6 Å². The van der Waals surface area contributed by atoms with Crippen LogP contribution in [0.5, 0.6) is 11.5 Å². The number of nitrogens with zero attached hydrogens (tertiary/aromatic N) is 2. The molecule has 2 N–H and O–H groups in total. The van der Waals surface area contributed by atoms with Gasteiger partial charge >= 0.3 is 0 Å². The van der Waals surface area contributed by atoms with Crippen molar-refractivity contribution < 1.29 is 14.6 Å². The molecule has 1 aliphatic rings. The maximum absolute atomic E-state index is 9.06. The van der Waals surface area contributed by atoms with Crippen molar-refractivity contribution in [1.29, 1.82) is 0 Å². The molecule has 2 aromatic rings. The van der Waals surface area contributed by atoms with E-state index in [-0.39, 0.29) is 13.4 Å². The van der Waals surface area contributed by atoms with Crippen molar-refractivity contribution in [3.8, 4) is 11.5 Å². The van der Waals surface area contributed by atoms with Crippen molar-refractivity contribution in [2.24, 2.45) is 0 Å². The van der Waals surface area contributed by atoms with Gasteiger partial charge in [-0.3, -0.25) is 4.68 Å². The zero-order valence-corrected chi connectivity index (χ0v) is 13.3. The zero-order chi connectivity index (χ0) is 15.7. The van der Waals surface area contributed by atoms with E-state index in [2.05, 4.69) is 10.4 Å². The Morgan fingerprint density at radius 2 is 2.05 bits per heavy atom. The van der Waals surface area contributed by atoms with Crippen molar-refractivity contribution in [3.63, 3.8) is 0 Å². The third-order valence-corrected chi connectivity index (χ3v) is 4.07. The first-order chi connectivity index (χ1) is 10.6. The van der Waals surface area contributed by atoms with E-state index < -0.39 is 0 Å². The number of aliphatic hydroxyl groups excluding tert-OH is 1. The Bertz CT molecular complexity index is 700. The number of rotatable bonds is 5. The van der Waals surface area contributed by atoms with Crippen molar-refractivity contribution in [3.05, 3.63) is 34.1 Å². The van der Waals surface area contributed by atoms with E-state index in [1.54, 1.807) is 6.07 Å². The molecule has 118 valence electrons. The van der Waals surface area contributed by atoms with Crippen LogP contribution in [0.15, 0.2) is 12.1 Å². The number of fused-ring (bicyclic) bond motifs is 1. The van der Waals surface area contributed by atoms with Gasteiger partial charge in [-0.05, 0) is 13.8 Å². The second kappa shape index (κ2) is 6.06. The molecule has 0 saturated heterocycles. The SMILES string of the molecule is Cc1nn(CCO)c(C)c1CNc1cc2c(cc1Cl)OCO2. The Kier molecular flexibility index (Phi) is 4.13. The lowest BCUT2D eigenvalue weighted by atomic mass is 10.2. The van der Waals surface area contributed by atoms with Gasteiger partial charge in [0.15, 0.2) is 11.5 Å². The van der Waals surface area contributed by atoms with Gasteiger partial charge in [0.1, 0.15) is 0 Å². The molecule has 1 aromatic carbocycles. The average Bonchev–Trinajstić information content (AvgIpc) is 3.03. The second-order valence-corrected chi connectivity index (χ2v) is 5.54. The molecule has 22 heavy (non-hydrogen) atoms. The number of benzene rings is 1. The lowest BCUT2D eigenvalue weighted by Gasteiger charge is -2.10. The highest BCUT2D eigenvalue weighted by Crippen LogP contribution is 2.39. The molecule has 0 radical (unpaired) electrons. The van der Waals surface area contributed by atoms with E-state index in [1.807, 2.05) is 24.6 Å². The Morgan fingerprint density at radius 1 is 1.32 bits per heavy atom. The minimum atomic E-state index is 0.0722. The molecule has 0 atom stereocenters. The number of aliphatic hydroxyl groups is 1. The van der Waals surface area contributed by atoms with E-state index in [0.717, 1.165) is 22.6 Å². The van der Waals surface area contributed by atoms with Gasteiger partial charge in [0.2, 0.25) is 6.79 Å². The summed E-state index contributed by atoms with van der Waals surface area (Å²) in [6.07, 6.45) is 0. The van der Waals surface area contributed by atoms with Crippen LogP contribution in [0, 0.1) is 13.8 Å². The predicted octanol–water partition coefficient (Wildman–Crippen LogP) is 2.49. The molecule has 0 saturated carbocycles. The number of hydrogen-bond acceptors (Lipinski definition) is 5. The highest BCUT2D eigenvalue weighted by molar-refractivity contribution is 6.33. The topological polar surface area (TPSA) is 68.5 Å². The van der Waals surface area contributed by atoms with Crippen molar-refractivity contribution in [2.75, 3.05) is 18.7 Å². The first-order valence-electron chi connectivity index (χ1n) is 7.07. The molecular weight excluding hydrogens is 306 g/mol. The minimum absolute atomic E-state index is 0.0722. The van der Waals surface area contributed by atoms with Gasteiger partial charge in [-0.25, -0.2) is 0 Å². The summed E-state index contributed by atoms with van der Waals surface area (Å²) >= 11 is 6.26. The van der Waals surface area contributed by atoms with Gasteiger partial charge in [0.05, 0.1) is 29.6 Å². The van der Waals surface area contributed by atoms with Crippen molar-refractivity contribution in [2.45, 2.75) is 26.9 Å². The lowest BCUT2D eigenvalue weighted by molar-refractivity contribution is 0.174. The Hall–Kier alpha value is -1.92. The number of halogens is 1. The summed E-state index contributed by atoms with van der Waals surface area (Å²) in [7, 11) is 0. The molecule has 2 heterocycles. The molecule has 6 nitrogen and oxygen atoms in total. The number of aromatic nitrogens is 2. The number of hydrogen-bond donors (Lipinski definition) is 2. The molecule has 0 fully saturated rings. The molecule has 0 spiro atoms. The first kappa shape index (κ1) is 15.0. The van der Waals surface area contributed by atoms with E-state index in [4.69, 9.17) is 26.2 Å². The smallest absolute Gasteiger partial charge is 0.231 e. The summed E-state index contributed by atoms with van der Waals surface area (Å²) in [6.45, 7) is 5.34. The third kappa shape index (κ3) is 2.71. The summed E-state index contributed by atoms with van der Waals surface area (Å²) in [6, 6.07) is 3.59. The normalized spacial score (nSPS) is 12.7. The predicted molar refractivity (Wildman–Crippen MR) is 83.7 cm³/mol. The Balaban J connectivity index is 1.78. The van der Waals surface area contributed by atoms with Crippen LogP contribution in [0.25, 0.3) is 0 Å². The number of anilines is 1. The standard InChI is InChI=1S/C15H18ClN3O3/c1-9-11(10(2)19(18-9)3-4-20)7-17-13-6-15-14(5-12(13)16)21-8-22-15/h5-6,17,20H,3-4,7-8H2,1-2H3. The van der Waals surface area contributed by atoms with Gasteiger partial charge in [0, 0.05) is 29.9 Å². The Labute approximate surface area is 133 Å².